The fourth-order valence-corrected chi connectivity index (χ4v) is 11.5. The zero-order valence-corrected chi connectivity index (χ0v) is 34.5. The van der Waals surface area contributed by atoms with Crippen molar-refractivity contribution in [3.05, 3.63) is 205 Å². The molecular formula is C57H38N2OS. The van der Waals surface area contributed by atoms with Crippen LogP contribution in [0.3, 0.4) is 0 Å². The number of thiophene rings is 1. The minimum absolute atomic E-state index is 0.134. The second kappa shape index (κ2) is 12.8. The molecule has 0 radical (unpaired) electrons. The van der Waals surface area contributed by atoms with Gasteiger partial charge >= 0.3 is 0 Å². The van der Waals surface area contributed by atoms with Gasteiger partial charge in [-0.05, 0) is 112 Å². The molecule has 288 valence electrons. The van der Waals surface area contributed by atoms with Crippen molar-refractivity contribution in [2.24, 2.45) is 0 Å². The Kier molecular flexibility index (Phi) is 7.23. The molecule has 1 aliphatic carbocycles. The average molecular weight is 799 g/mol. The number of aromatic nitrogens is 1. The minimum atomic E-state index is -0.134. The molecule has 3 nitrogen and oxygen atoms in total. The fraction of sp³-hybridized carbons (Fsp3) is 0.0526. The first-order valence-electron chi connectivity index (χ1n) is 21.0. The van der Waals surface area contributed by atoms with Crippen molar-refractivity contribution in [2.75, 3.05) is 4.90 Å². The summed E-state index contributed by atoms with van der Waals surface area (Å²) in [4.78, 5) is 2.44. The summed E-state index contributed by atoms with van der Waals surface area (Å²) in [5, 5.41) is 7.21. The van der Waals surface area contributed by atoms with E-state index in [0.29, 0.717) is 0 Å². The molecule has 12 aromatic rings. The average Bonchev–Trinajstić information content (AvgIpc) is 4.03. The number of hydrogen-bond acceptors (Lipinski definition) is 3. The number of nitrogens with zero attached hydrogens (tertiary/aromatic N) is 2. The third-order valence-corrected chi connectivity index (χ3v) is 14.4. The molecule has 0 fully saturated rings. The molecule has 0 saturated heterocycles. The minimum Gasteiger partial charge on any atom is -0.456 e. The summed E-state index contributed by atoms with van der Waals surface area (Å²) in [7, 11) is 0. The number of para-hydroxylation sites is 2. The van der Waals surface area contributed by atoms with Crippen LogP contribution in [0, 0.1) is 0 Å². The molecule has 9 aromatic carbocycles. The van der Waals surface area contributed by atoms with Crippen molar-refractivity contribution >= 4 is 92.3 Å². The van der Waals surface area contributed by atoms with Gasteiger partial charge in [0.1, 0.15) is 11.2 Å². The number of fused-ring (bicyclic) bond motifs is 12. The molecule has 0 atom stereocenters. The highest BCUT2D eigenvalue weighted by atomic mass is 32.1. The van der Waals surface area contributed by atoms with Crippen LogP contribution in [0.2, 0.25) is 0 Å². The fourth-order valence-electron chi connectivity index (χ4n) is 10.3. The molecule has 4 heteroatoms. The molecule has 1 aliphatic rings. The maximum atomic E-state index is 6.50. The predicted octanol–water partition coefficient (Wildman–Crippen LogP) is 16.5. The van der Waals surface area contributed by atoms with Gasteiger partial charge < -0.3 is 13.9 Å². The lowest BCUT2D eigenvalue weighted by Crippen LogP contribution is -2.16. The lowest BCUT2D eigenvalue weighted by molar-refractivity contribution is 0.660. The molecule has 0 bridgehead atoms. The van der Waals surface area contributed by atoms with Gasteiger partial charge in [0, 0.05) is 69.9 Å². The Balaban J connectivity index is 1.03. The normalized spacial score (nSPS) is 13.2. The highest BCUT2D eigenvalue weighted by molar-refractivity contribution is 7.26. The van der Waals surface area contributed by atoms with E-state index in [1.807, 2.05) is 17.4 Å². The summed E-state index contributed by atoms with van der Waals surface area (Å²) < 4.78 is 11.5. The molecule has 0 N–H and O–H groups in total. The quantitative estimate of drug-likeness (QED) is 0.173. The standard InChI is InChI=1S/C57H38N2OS/c1-57(2)49-20-9-6-15-41(49)42-29-27-39(32-50(42)57)58(37-25-23-35(24-26-37)40-18-12-19-45-44-17-8-11-22-55(44)61-56(40)45)38-28-30-51-46(31-38)47-34-54-48(43-16-7-10-21-53(43)60-54)33-52(47)59(51)36-13-4-3-5-14-36/h3-34H,1-2H3. The van der Waals surface area contributed by atoms with Gasteiger partial charge in [-0.25, -0.2) is 0 Å². The second-order valence-electron chi connectivity index (χ2n) is 16.9. The van der Waals surface area contributed by atoms with Crippen molar-refractivity contribution in [3.8, 4) is 27.9 Å². The number of furan rings is 1. The lowest BCUT2D eigenvalue weighted by atomic mass is 9.82. The van der Waals surface area contributed by atoms with Crippen LogP contribution in [0.1, 0.15) is 25.0 Å². The van der Waals surface area contributed by atoms with Gasteiger partial charge in [0.2, 0.25) is 0 Å². The van der Waals surface area contributed by atoms with Crippen molar-refractivity contribution in [2.45, 2.75) is 19.3 Å². The zero-order valence-electron chi connectivity index (χ0n) is 33.7. The van der Waals surface area contributed by atoms with E-state index >= 15 is 0 Å². The van der Waals surface area contributed by atoms with E-state index in [1.165, 1.54) is 58.9 Å². The summed E-state index contributed by atoms with van der Waals surface area (Å²) in [6.45, 7) is 4.72. The van der Waals surface area contributed by atoms with Gasteiger partial charge in [-0.1, -0.05) is 129 Å². The number of anilines is 3. The van der Waals surface area contributed by atoms with Crippen molar-refractivity contribution in [1.82, 2.24) is 4.57 Å². The molecule has 3 aromatic heterocycles. The van der Waals surface area contributed by atoms with Gasteiger partial charge in [0.05, 0.1) is 11.0 Å². The van der Waals surface area contributed by atoms with E-state index in [-0.39, 0.29) is 5.41 Å². The number of hydrogen-bond donors (Lipinski definition) is 0. The summed E-state index contributed by atoms with van der Waals surface area (Å²) in [5.74, 6) is 0. The first-order valence-corrected chi connectivity index (χ1v) is 21.8. The lowest BCUT2D eigenvalue weighted by Gasteiger charge is -2.28. The van der Waals surface area contributed by atoms with E-state index in [2.05, 4.69) is 211 Å². The SMILES string of the molecule is CC1(C)c2ccccc2-c2ccc(N(c3ccc(-c4cccc5c4sc4ccccc45)cc3)c3ccc4c(c3)c3cc5oc6ccccc6c5cc3n4-c3ccccc3)cc21. The van der Waals surface area contributed by atoms with E-state index < -0.39 is 0 Å². The van der Waals surface area contributed by atoms with Crippen LogP contribution in [-0.4, -0.2) is 4.57 Å². The van der Waals surface area contributed by atoms with Crippen molar-refractivity contribution in [1.29, 1.82) is 0 Å². The van der Waals surface area contributed by atoms with Gasteiger partial charge in [0.25, 0.3) is 0 Å². The van der Waals surface area contributed by atoms with Gasteiger partial charge in [0.15, 0.2) is 0 Å². The summed E-state index contributed by atoms with van der Waals surface area (Å²) in [6, 6.07) is 71.2. The molecule has 0 unspecified atom stereocenters. The Bertz CT molecular complexity index is 3740. The van der Waals surface area contributed by atoms with Crippen LogP contribution in [0.25, 0.3) is 91.9 Å². The van der Waals surface area contributed by atoms with E-state index in [1.54, 1.807) is 0 Å². The molecule has 13 rings (SSSR count). The molecule has 0 saturated carbocycles. The molecule has 61 heavy (non-hydrogen) atoms. The molecule has 3 heterocycles. The second-order valence-corrected chi connectivity index (χ2v) is 18.0. The van der Waals surface area contributed by atoms with E-state index in [0.717, 1.165) is 61.1 Å². The van der Waals surface area contributed by atoms with Crippen LogP contribution >= 0.6 is 11.3 Å². The first-order chi connectivity index (χ1) is 30.0. The van der Waals surface area contributed by atoms with Gasteiger partial charge in [-0.3, -0.25) is 0 Å². The number of rotatable bonds is 5. The topological polar surface area (TPSA) is 21.3 Å². The van der Waals surface area contributed by atoms with Gasteiger partial charge in [-0.2, -0.15) is 0 Å². The highest BCUT2D eigenvalue weighted by Crippen LogP contribution is 2.51. The monoisotopic (exact) mass is 798 g/mol. The van der Waals surface area contributed by atoms with Crippen LogP contribution in [-0.2, 0) is 5.41 Å². The number of benzene rings is 9. The highest BCUT2D eigenvalue weighted by Gasteiger charge is 2.36. The van der Waals surface area contributed by atoms with E-state index in [9.17, 15) is 0 Å². The Morgan fingerprint density at radius 2 is 1.11 bits per heavy atom. The Hall–Kier alpha value is -7.40. The van der Waals surface area contributed by atoms with Crippen LogP contribution in [0.4, 0.5) is 17.1 Å². The molecule has 0 amide bonds. The van der Waals surface area contributed by atoms with E-state index in [4.69, 9.17) is 4.42 Å². The first kappa shape index (κ1) is 34.5. The van der Waals surface area contributed by atoms with Crippen molar-refractivity contribution < 1.29 is 4.42 Å². The maximum Gasteiger partial charge on any atom is 0.136 e. The van der Waals surface area contributed by atoms with Crippen LogP contribution in [0.5, 0.6) is 0 Å². The van der Waals surface area contributed by atoms with Crippen LogP contribution in [0.15, 0.2) is 199 Å². The summed E-state index contributed by atoms with van der Waals surface area (Å²) in [5.41, 5.74) is 16.3. The Labute approximate surface area is 357 Å². The summed E-state index contributed by atoms with van der Waals surface area (Å²) >= 11 is 1.88. The van der Waals surface area contributed by atoms with Crippen molar-refractivity contribution in [3.63, 3.8) is 0 Å². The smallest absolute Gasteiger partial charge is 0.136 e. The molecular weight excluding hydrogens is 761 g/mol. The maximum absolute atomic E-state index is 6.50. The molecule has 0 spiro atoms. The predicted molar refractivity (Wildman–Crippen MR) is 259 cm³/mol. The Morgan fingerprint density at radius 3 is 2.00 bits per heavy atom. The third-order valence-electron chi connectivity index (χ3n) is 13.2. The van der Waals surface area contributed by atoms with Gasteiger partial charge in [-0.15, -0.1) is 11.3 Å². The summed E-state index contributed by atoms with van der Waals surface area (Å²) in [6.07, 6.45) is 0. The largest absolute Gasteiger partial charge is 0.456 e. The van der Waals surface area contributed by atoms with Crippen LogP contribution < -0.4 is 4.90 Å². The zero-order chi connectivity index (χ0) is 40.4. The Morgan fingerprint density at radius 1 is 0.443 bits per heavy atom. The third kappa shape index (κ3) is 5.03. The molecule has 0 aliphatic heterocycles.